The highest BCUT2D eigenvalue weighted by atomic mass is 16.4. The normalized spacial score (nSPS) is 15.6. The topological polar surface area (TPSA) is 72.4 Å². The molecular formula is C11H14N4O2. The standard InChI is InChI=1S/C11H14N4O2/c1-6-8(5-9(16)17)15-11(12-6)14(2)10(13-15)7-3-4-7/h7H,3-5H2,1-2H3,(H,16,17). The molecule has 0 aromatic carbocycles. The zero-order valence-corrected chi connectivity index (χ0v) is 9.84. The number of carboxylic acid groups (broad SMARTS) is 1. The van der Waals surface area contributed by atoms with Crippen LogP contribution in [-0.4, -0.2) is 30.2 Å². The molecule has 1 fully saturated rings. The summed E-state index contributed by atoms with van der Waals surface area (Å²) < 4.78 is 3.65. The number of aromatic nitrogens is 4. The predicted molar refractivity (Wildman–Crippen MR) is 60.0 cm³/mol. The second-order valence-corrected chi connectivity index (χ2v) is 4.62. The van der Waals surface area contributed by atoms with Crippen LogP contribution in [0.2, 0.25) is 0 Å². The van der Waals surface area contributed by atoms with Gasteiger partial charge in [0.2, 0.25) is 5.78 Å². The van der Waals surface area contributed by atoms with E-state index >= 15 is 0 Å². The minimum Gasteiger partial charge on any atom is -0.481 e. The number of carboxylic acids is 1. The van der Waals surface area contributed by atoms with E-state index in [4.69, 9.17) is 5.11 Å². The smallest absolute Gasteiger partial charge is 0.309 e. The van der Waals surface area contributed by atoms with Crippen molar-refractivity contribution < 1.29 is 9.90 Å². The van der Waals surface area contributed by atoms with Crippen LogP contribution in [0.15, 0.2) is 0 Å². The summed E-state index contributed by atoms with van der Waals surface area (Å²) in [7, 11) is 1.94. The van der Waals surface area contributed by atoms with E-state index in [0.717, 1.165) is 17.3 Å². The Morgan fingerprint density at radius 1 is 1.53 bits per heavy atom. The summed E-state index contributed by atoms with van der Waals surface area (Å²) in [5, 5.41) is 13.4. The van der Waals surface area contributed by atoms with E-state index in [1.54, 1.807) is 4.52 Å². The van der Waals surface area contributed by atoms with E-state index in [-0.39, 0.29) is 6.42 Å². The fraction of sp³-hybridized carbons (Fsp3) is 0.545. The SMILES string of the molecule is Cc1nc2n(C)c(C3CC3)nn2c1CC(=O)O. The first-order valence-electron chi connectivity index (χ1n) is 5.70. The molecule has 0 atom stereocenters. The molecule has 0 radical (unpaired) electrons. The lowest BCUT2D eigenvalue weighted by Crippen LogP contribution is -2.05. The molecule has 1 aliphatic carbocycles. The summed E-state index contributed by atoms with van der Waals surface area (Å²) >= 11 is 0. The van der Waals surface area contributed by atoms with Gasteiger partial charge in [0.15, 0.2) is 0 Å². The van der Waals surface area contributed by atoms with Crippen molar-refractivity contribution >= 4 is 11.7 Å². The van der Waals surface area contributed by atoms with Crippen LogP contribution >= 0.6 is 0 Å². The number of carbonyl (C=O) groups is 1. The highest BCUT2D eigenvalue weighted by molar-refractivity contribution is 5.70. The van der Waals surface area contributed by atoms with Crippen LogP contribution in [-0.2, 0) is 18.3 Å². The van der Waals surface area contributed by atoms with E-state index in [1.807, 2.05) is 18.5 Å². The Bertz CT molecular complexity index is 607. The molecule has 0 unspecified atom stereocenters. The average Bonchev–Trinajstić information content (AvgIpc) is 2.99. The van der Waals surface area contributed by atoms with E-state index in [1.165, 1.54) is 12.8 Å². The van der Waals surface area contributed by atoms with Gasteiger partial charge in [0.05, 0.1) is 17.8 Å². The summed E-state index contributed by atoms with van der Waals surface area (Å²) in [5.74, 6) is 1.42. The monoisotopic (exact) mass is 234 g/mol. The molecule has 1 saturated carbocycles. The van der Waals surface area contributed by atoms with Gasteiger partial charge in [0, 0.05) is 13.0 Å². The van der Waals surface area contributed by atoms with Gasteiger partial charge < -0.3 is 5.11 Å². The van der Waals surface area contributed by atoms with Crippen LogP contribution in [0.5, 0.6) is 0 Å². The molecule has 0 saturated heterocycles. The van der Waals surface area contributed by atoms with Crippen molar-refractivity contribution in [3.05, 3.63) is 17.2 Å². The van der Waals surface area contributed by atoms with Crippen molar-refractivity contribution in [2.45, 2.75) is 32.1 Å². The Labute approximate surface area is 97.9 Å². The second kappa shape index (κ2) is 3.32. The summed E-state index contributed by atoms with van der Waals surface area (Å²) in [6.45, 7) is 1.82. The molecule has 2 heterocycles. The van der Waals surface area contributed by atoms with Gasteiger partial charge in [-0.2, -0.15) is 5.10 Å². The molecule has 1 aliphatic rings. The van der Waals surface area contributed by atoms with Crippen LogP contribution < -0.4 is 0 Å². The summed E-state index contributed by atoms with van der Waals surface area (Å²) in [4.78, 5) is 15.2. The lowest BCUT2D eigenvalue weighted by atomic mass is 10.3. The average molecular weight is 234 g/mol. The van der Waals surface area contributed by atoms with E-state index in [0.29, 0.717) is 11.6 Å². The number of aryl methyl sites for hydroxylation is 2. The number of hydrogen-bond donors (Lipinski definition) is 1. The van der Waals surface area contributed by atoms with Gasteiger partial charge in [0.25, 0.3) is 0 Å². The Morgan fingerprint density at radius 2 is 2.24 bits per heavy atom. The van der Waals surface area contributed by atoms with Gasteiger partial charge in [-0.05, 0) is 19.8 Å². The highest BCUT2D eigenvalue weighted by Gasteiger charge is 2.30. The molecule has 0 bridgehead atoms. The fourth-order valence-corrected chi connectivity index (χ4v) is 2.17. The third kappa shape index (κ3) is 1.51. The number of nitrogens with zero attached hydrogens (tertiary/aromatic N) is 4. The molecule has 1 N–H and O–H groups in total. The quantitative estimate of drug-likeness (QED) is 0.855. The summed E-state index contributed by atoms with van der Waals surface area (Å²) in [6.07, 6.45) is 2.30. The van der Waals surface area contributed by atoms with Crippen LogP contribution in [0, 0.1) is 6.92 Å². The molecule has 90 valence electrons. The number of rotatable bonds is 3. The van der Waals surface area contributed by atoms with Crippen molar-refractivity contribution in [2.24, 2.45) is 7.05 Å². The van der Waals surface area contributed by atoms with Crippen molar-refractivity contribution in [3.8, 4) is 0 Å². The van der Waals surface area contributed by atoms with Gasteiger partial charge in [-0.15, -0.1) is 0 Å². The van der Waals surface area contributed by atoms with Crippen LogP contribution in [0.25, 0.3) is 5.78 Å². The van der Waals surface area contributed by atoms with E-state index < -0.39 is 5.97 Å². The Morgan fingerprint density at radius 3 is 2.82 bits per heavy atom. The van der Waals surface area contributed by atoms with Crippen LogP contribution in [0.1, 0.15) is 36.0 Å². The van der Waals surface area contributed by atoms with Crippen LogP contribution in [0.4, 0.5) is 0 Å². The third-order valence-electron chi connectivity index (χ3n) is 3.24. The molecule has 0 amide bonds. The Kier molecular flexibility index (Phi) is 2.01. The van der Waals surface area contributed by atoms with Gasteiger partial charge in [0.1, 0.15) is 5.82 Å². The Hall–Kier alpha value is -1.85. The lowest BCUT2D eigenvalue weighted by Gasteiger charge is -1.96. The first-order chi connectivity index (χ1) is 8.08. The minimum absolute atomic E-state index is 0.0336. The first kappa shape index (κ1) is 10.3. The molecule has 17 heavy (non-hydrogen) atoms. The maximum Gasteiger partial charge on any atom is 0.309 e. The first-order valence-corrected chi connectivity index (χ1v) is 5.70. The van der Waals surface area contributed by atoms with E-state index in [2.05, 4.69) is 10.1 Å². The molecule has 6 heteroatoms. The minimum atomic E-state index is -0.853. The third-order valence-corrected chi connectivity index (χ3v) is 3.24. The van der Waals surface area contributed by atoms with Crippen LogP contribution in [0.3, 0.4) is 0 Å². The van der Waals surface area contributed by atoms with Gasteiger partial charge in [-0.1, -0.05) is 0 Å². The maximum absolute atomic E-state index is 10.8. The lowest BCUT2D eigenvalue weighted by molar-refractivity contribution is -0.136. The molecule has 0 aliphatic heterocycles. The number of imidazole rings is 1. The molecule has 3 rings (SSSR count). The van der Waals surface area contributed by atoms with E-state index in [9.17, 15) is 4.79 Å². The number of aliphatic carboxylic acids is 1. The van der Waals surface area contributed by atoms with Gasteiger partial charge >= 0.3 is 5.97 Å². The van der Waals surface area contributed by atoms with Gasteiger partial charge in [-0.3, -0.25) is 9.36 Å². The van der Waals surface area contributed by atoms with Gasteiger partial charge in [-0.25, -0.2) is 9.50 Å². The number of fused-ring (bicyclic) bond motifs is 1. The zero-order chi connectivity index (χ0) is 12.2. The molecule has 2 aromatic heterocycles. The van der Waals surface area contributed by atoms with Crippen molar-refractivity contribution in [1.82, 2.24) is 19.2 Å². The summed E-state index contributed by atoms with van der Waals surface area (Å²) in [6, 6.07) is 0. The second-order valence-electron chi connectivity index (χ2n) is 4.62. The molecule has 6 nitrogen and oxygen atoms in total. The number of hydrogen-bond acceptors (Lipinski definition) is 3. The predicted octanol–water partition coefficient (Wildman–Crippen LogP) is 0.881. The van der Waals surface area contributed by atoms with Crippen molar-refractivity contribution in [1.29, 1.82) is 0 Å². The fourth-order valence-electron chi connectivity index (χ4n) is 2.17. The molecule has 0 spiro atoms. The van der Waals surface area contributed by atoms with Crippen molar-refractivity contribution in [3.63, 3.8) is 0 Å². The zero-order valence-electron chi connectivity index (χ0n) is 9.84. The Balaban J connectivity index is 2.17. The van der Waals surface area contributed by atoms with Crippen molar-refractivity contribution in [2.75, 3.05) is 0 Å². The molecule has 2 aromatic rings. The largest absolute Gasteiger partial charge is 0.481 e. The molecular weight excluding hydrogens is 220 g/mol. The maximum atomic E-state index is 10.8. The highest BCUT2D eigenvalue weighted by Crippen LogP contribution is 2.39. The summed E-state index contributed by atoms with van der Waals surface area (Å²) in [5.41, 5.74) is 1.42.